The average molecular weight is 205 g/mol. The van der Waals surface area contributed by atoms with Crippen molar-refractivity contribution in [3.63, 3.8) is 0 Å². The second-order valence-corrected chi connectivity index (χ2v) is 3.82. The number of nitrogens with two attached hydrogens (primary N) is 1. The maximum atomic E-state index is 11.7. The van der Waals surface area contributed by atoms with Crippen molar-refractivity contribution in [3.8, 4) is 0 Å². The fourth-order valence-electron chi connectivity index (χ4n) is 1.54. The fourth-order valence-corrected chi connectivity index (χ4v) is 1.54. The van der Waals surface area contributed by atoms with Crippen molar-refractivity contribution in [2.24, 2.45) is 5.84 Å². The number of rotatable bonds is 3. The van der Waals surface area contributed by atoms with E-state index in [0.717, 1.165) is 18.5 Å². The van der Waals surface area contributed by atoms with Crippen LogP contribution in [-0.4, -0.2) is 11.9 Å². The van der Waals surface area contributed by atoms with Crippen LogP contribution >= 0.6 is 0 Å². The first kappa shape index (κ1) is 9.98. The van der Waals surface area contributed by atoms with Gasteiger partial charge >= 0.3 is 0 Å². The Hall–Kier alpha value is -1.55. The molecular weight excluding hydrogens is 190 g/mol. The molecule has 0 spiro atoms. The predicted molar refractivity (Wildman–Crippen MR) is 59.4 cm³/mol. The topological polar surface area (TPSA) is 67.1 Å². The molecule has 0 bridgehead atoms. The maximum Gasteiger partial charge on any atom is 0.251 e. The fraction of sp³-hybridized carbons (Fsp3) is 0.364. The van der Waals surface area contributed by atoms with Crippen LogP contribution < -0.4 is 16.6 Å². The Kier molecular flexibility index (Phi) is 2.87. The van der Waals surface area contributed by atoms with Crippen molar-refractivity contribution < 1.29 is 4.79 Å². The molecule has 4 heteroatoms. The molecule has 0 aromatic heterocycles. The van der Waals surface area contributed by atoms with Gasteiger partial charge in [-0.1, -0.05) is 0 Å². The summed E-state index contributed by atoms with van der Waals surface area (Å²) in [5.41, 5.74) is 4.01. The SMILES string of the molecule is NNc1ccc(C(=O)NC2CCC2)cc1. The largest absolute Gasteiger partial charge is 0.349 e. The Balaban J connectivity index is 1.98. The molecule has 1 saturated carbocycles. The lowest BCUT2D eigenvalue weighted by Crippen LogP contribution is -2.39. The zero-order valence-corrected chi connectivity index (χ0v) is 8.49. The highest BCUT2D eigenvalue weighted by Crippen LogP contribution is 2.18. The number of hydrogen-bond acceptors (Lipinski definition) is 3. The van der Waals surface area contributed by atoms with E-state index in [2.05, 4.69) is 10.7 Å². The van der Waals surface area contributed by atoms with Crippen molar-refractivity contribution in [3.05, 3.63) is 29.8 Å². The number of nitrogens with one attached hydrogen (secondary N) is 2. The number of hydrogen-bond donors (Lipinski definition) is 3. The average Bonchev–Trinajstić information content (AvgIpc) is 2.23. The van der Waals surface area contributed by atoms with Gasteiger partial charge in [0, 0.05) is 17.3 Å². The molecule has 15 heavy (non-hydrogen) atoms. The van der Waals surface area contributed by atoms with Gasteiger partial charge < -0.3 is 10.7 Å². The summed E-state index contributed by atoms with van der Waals surface area (Å²) in [5.74, 6) is 5.24. The minimum absolute atomic E-state index is 0.00303. The molecule has 80 valence electrons. The third-order valence-corrected chi connectivity index (χ3v) is 2.75. The van der Waals surface area contributed by atoms with Crippen molar-refractivity contribution in [1.82, 2.24) is 5.32 Å². The first-order valence-corrected chi connectivity index (χ1v) is 5.17. The van der Waals surface area contributed by atoms with Crippen molar-refractivity contribution in [2.75, 3.05) is 5.43 Å². The van der Waals surface area contributed by atoms with Crippen LogP contribution in [0.4, 0.5) is 5.69 Å². The second-order valence-electron chi connectivity index (χ2n) is 3.82. The summed E-state index contributed by atoms with van der Waals surface area (Å²) in [7, 11) is 0. The van der Waals surface area contributed by atoms with Gasteiger partial charge in [0.25, 0.3) is 5.91 Å². The molecule has 1 aliphatic carbocycles. The molecule has 0 radical (unpaired) electrons. The minimum atomic E-state index is 0.00303. The van der Waals surface area contributed by atoms with Gasteiger partial charge in [-0.2, -0.15) is 0 Å². The molecule has 0 unspecified atom stereocenters. The van der Waals surface area contributed by atoms with Crippen LogP contribution in [-0.2, 0) is 0 Å². The van der Waals surface area contributed by atoms with Crippen molar-refractivity contribution in [2.45, 2.75) is 25.3 Å². The summed E-state index contributed by atoms with van der Waals surface area (Å²) in [6.07, 6.45) is 3.43. The first-order valence-electron chi connectivity index (χ1n) is 5.17. The van der Waals surface area contributed by atoms with Gasteiger partial charge in [-0.05, 0) is 43.5 Å². The minimum Gasteiger partial charge on any atom is -0.349 e. The van der Waals surface area contributed by atoms with E-state index in [9.17, 15) is 4.79 Å². The number of hydrazine groups is 1. The summed E-state index contributed by atoms with van der Waals surface area (Å²) in [6, 6.07) is 7.49. The molecule has 2 rings (SSSR count). The van der Waals surface area contributed by atoms with E-state index in [1.807, 2.05) is 0 Å². The Morgan fingerprint density at radius 1 is 1.27 bits per heavy atom. The molecular formula is C11H15N3O. The molecule has 1 aliphatic rings. The predicted octanol–water partition coefficient (Wildman–Crippen LogP) is 1.25. The molecule has 4 N–H and O–H groups in total. The third-order valence-electron chi connectivity index (χ3n) is 2.75. The Bertz CT molecular complexity index is 343. The molecule has 1 aromatic carbocycles. The van der Waals surface area contributed by atoms with Crippen LogP contribution in [0.3, 0.4) is 0 Å². The van der Waals surface area contributed by atoms with Crippen LogP contribution in [0.25, 0.3) is 0 Å². The van der Waals surface area contributed by atoms with Crippen LogP contribution in [0.2, 0.25) is 0 Å². The quantitative estimate of drug-likeness (QED) is 0.514. The number of amides is 1. The molecule has 1 aromatic rings. The molecule has 0 atom stereocenters. The van der Waals surface area contributed by atoms with Gasteiger partial charge in [-0.15, -0.1) is 0 Å². The van der Waals surface area contributed by atoms with Crippen LogP contribution in [0, 0.1) is 0 Å². The highest BCUT2D eigenvalue weighted by atomic mass is 16.1. The van der Waals surface area contributed by atoms with Crippen LogP contribution in [0.15, 0.2) is 24.3 Å². The second kappa shape index (κ2) is 4.31. The van der Waals surface area contributed by atoms with E-state index < -0.39 is 0 Å². The van der Waals surface area contributed by atoms with E-state index >= 15 is 0 Å². The molecule has 4 nitrogen and oxygen atoms in total. The van der Waals surface area contributed by atoms with Gasteiger partial charge in [-0.25, -0.2) is 0 Å². The van der Waals surface area contributed by atoms with E-state index in [0.29, 0.717) is 11.6 Å². The maximum absolute atomic E-state index is 11.7. The van der Waals surface area contributed by atoms with Gasteiger partial charge in [0.1, 0.15) is 0 Å². The van der Waals surface area contributed by atoms with Crippen LogP contribution in [0.1, 0.15) is 29.6 Å². The molecule has 1 amide bonds. The zero-order valence-electron chi connectivity index (χ0n) is 8.49. The standard InChI is InChI=1S/C11H15N3O/c12-14-10-6-4-8(5-7-10)11(15)13-9-2-1-3-9/h4-7,9,14H,1-3,12H2,(H,13,15). The molecule has 0 saturated heterocycles. The Morgan fingerprint density at radius 3 is 2.40 bits per heavy atom. The highest BCUT2D eigenvalue weighted by Gasteiger charge is 2.19. The monoisotopic (exact) mass is 205 g/mol. The van der Waals surface area contributed by atoms with Gasteiger partial charge in [0.15, 0.2) is 0 Å². The molecule has 0 heterocycles. The summed E-state index contributed by atoms with van der Waals surface area (Å²) < 4.78 is 0. The molecule has 1 fully saturated rings. The highest BCUT2D eigenvalue weighted by molar-refractivity contribution is 5.94. The van der Waals surface area contributed by atoms with Gasteiger partial charge in [0.05, 0.1) is 0 Å². The number of carbonyl (C=O) groups excluding carboxylic acids is 1. The van der Waals surface area contributed by atoms with Gasteiger partial charge in [-0.3, -0.25) is 10.6 Å². The first-order chi connectivity index (χ1) is 7.29. The van der Waals surface area contributed by atoms with Crippen LogP contribution in [0.5, 0.6) is 0 Å². The summed E-state index contributed by atoms with van der Waals surface area (Å²) >= 11 is 0. The van der Waals surface area contributed by atoms with E-state index in [-0.39, 0.29) is 5.91 Å². The van der Waals surface area contributed by atoms with E-state index in [1.54, 1.807) is 24.3 Å². The lowest BCUT2D eigenvalue weighted by Gasteiger charge is -2.26. The number of anilines is 1. The molecule has 0 aliphatic heterocycles. The smallest absolute Gasteiger partial charge is 0.251 e. The Morgan fingerprint density at radius 2 is 1.93 bits per heavy atom. The number of nitrogen functional groups attached to an aromatic ring is 1. The third kappa shape index (κ3) is 2.27. The van der Waals surface area contributed by atoms with Crippen molar-refractivity contribution >= 4 is 11.6 Å². The van der Waals surface area contributed by atoms with Crippen molar-refractivity contribution in [1.29, 1.82) is 0 Å². The Labute approximate surface area is 88.8 Å². The van der Waals surface area contributed by atoms with E-state index in [4.69, 9.17) is 5.84 Å². The summed E-state index contributed by atoms with van der Waals surface area (Å²) in [4.78, 5) is 11.7. The zero-order chi connectivity index (χ0) is 10.7. The normalized spacial score (nSPS) is 15.5. The summed E-state index contributed by atoms with van der Waals surface area (Å²) in [6.45, 7) is 0. The summed E-state index contributed by atoms with van der Waals surface area (Å²) in [5, 5.41) is 2.98. The number of carbonyl (C=O) groups is 1. The van der Waals surface area contributed by atoms with Gasteiger partial charge in [0.2, 0.25) is 0 Å². The van der Waals surface area contributed by atoms with E-state index in [1.165, 1.54) is 6.42 Å². The number of benzene rings is 1. The lowest BCUT2D eigenvalue weighted by atomic mass is 9.93. The lowest BCUT2D eigenvalue weighted by molar-refractivity contribution is 0.0917.